The molecule has 2 nitrogen and oxygen atoms in total. The summed E-state index contributed by atoms with van der Waals surface area (Å²) in [7, 11) is 0. The standard InChI is InChI=1S/C13H7Br2ClN2/c14-10-3-2-9(6-12(10)16)18-13-4-1-8(7-17)5-11(13)15/h1-6,18H. The van der Waals surface area contributed by atoms with E-state index in [9.17, 15) is 0 Å². The van der Waals surface area contributed by atoms with Gasteiger partial charge in [-0.2, -0.15) is 5.26 Å². The van der Waals surface area contributed by atoms with Crippen molar-refractivity contribution in [1.82, 2.24) is 0 Å². The largest absolute Gasteiger partial charge is 0.355 e. The van der Waals surface area contributed by atoms with E-state index >= 15 is 0 Å². The van der Waals surface area contributed by atoms with Crippen LogP contribution in [0.15, 0.2) is 45.3 Å². The van der Waals surface area contributed by atoms with E-state index in [0.29, 0.717) is 10.6 Å². The Labute approximate surface area is 127 Å². The number of hydrogen-bond acceptors (Lipinski definition) is 2. The number of nitrogens with one attached hydrogen (secondary N) is 1. The lowest BCUT2D eigenvalue weighted by Gasteiger charge is -2.09. The molecule has 0 saturated carbocycles. The lowest BCUT2D eigenvalue weighted by atomic mass is 10.2. The summed E-state index contributed by atoms with van der Waals surface area (Å²) < 4.78 is 1.69. The Balaban J connectivity index is 2.29. The van der Waals surface area contributed by atoms with Crippen molar-refractivity contribution < 1.29 is 0 Å². The highest BCUT2D eigenvalue weighted by atomic mass is 79.9. The summed E-state index contributed by atoms with van der Waals surface area (Å²) in [5.41, 5.74) is 2.38. The number of halogens is 3. The monoisotopic (exact) mass is 384 g/mol. The maximum absolute atomic E-state index is 8.80. The zero-order valence-electron chi connectivity index (χ0n) is 9.05. The molecule has 0 unspecified atom stereocenters. The summed E-state index contributed by atoms with van der Waals surface area (Å²) >= 11 is 12.8. The summed E-state index contributed by atoms with van der Waals surface area (Å²) in [5.74, 6) is 0. The molecule has 0 fully saturated rings. The van der Waals surface area contributed by atoms with Gasteiger partial charge in [-0.1, -0.05) is 11.6 Å². The van der Waals surface area contributed by atoms with Gasteiger partial charge in [0, 0.05) is 14.6 Å². The van der Waals surface area contributed by atoms with Crippen LogP contribution in [-0.2, 0) is 0 Å². The van der Waals surface area contributed by atoms with E-state index in [1.54, 1.807) is 12.1 Å². The molecule has 0 bridgehead atoms. The smallest absolute Gasteiger partial charge is 0.0992 e. The second kappa shape index (κ2) is 5.75. The van der Waals surface area contributed by atoms with Gasteiger partial charge in [0.1, 0.15) is 0 Å². The first-order chi connectivity index (χ1) is 8.60. The second-order valence-electron chi connectivity index (χ2n) is 3.56. The predicted molar refractivity (Wildman–Crippen MR) is 81.3 cm³/mol. The SMILES string of the molecule is N#Cc1ccc(Nc2ccc(Br)c(Cl)c2)c(Br)c1. The van der Waals surface area contributed by atoms with Crippen LogP contribution < -0.4 is 5.32 Å². The highest BCUT2D eigenvalue weighted by Crippen LogP contribution is 2.30. The summed E-state index contributed by atoms with van der Waals surface area (Å²) in [6.07, 6.45) is 0. The Bertz CT molecular complexity index is 635. The van der Waals surface area contributed by atoms with Gasteiger partial charge in [-0.3, -0.25) is 0 Å². The van der Waals surface area contributed by atoms with Gasteiger partial charge >= 0.3 is 0 Å². The van der Waals surface area contributed by atoms with Crippen LogP contribution in [0.4, 0.5) is 11.4 Å². The normalized spacial score (nSPS) is 9.89. The molecule has 0 aliphatic heterocycles. The van der Waals surface area contributed by atoms with E-state index in [-0.39, 0.29) is 0 Å². The van der Waals surface area contributed by atoms with Crippen LogP contribution in [-0.4, -0.2) is 0 Å². The third-order valence-electron chi connectivity index (χ3n) is 2.30. The molecule has 0 heterocycles. The zero-order valence-corrected chi connectivity index (χ0v) is 13.0. The molecule has 0 spiro atoms. The van der Waals surface area contributed by atoms with Gasteiger partial charge in [-0.05, 0) is 68.3 Å². The predicted octanol–water partition coefficient (Wildman–Crippen LogP) is 5.48. The van der Waals surface area contributed by atoms with Crippen LogP contribution in [0, 0.1) is 11.3 Å². The number of nitrogens with zero attached hydrogens (tertiary/aromatic N) is 1. The number of rotatable bonds is 2. The highest BCUT2D eigenvalue weighted by molar-refractivity contribution is 9.11. The van der Waals surface area contributed by atoms with E-state index in [1.807, 2.05) is 24.3 Å². The van der Waals surface area contributed by atoms with Gasteiger partial charge in [-0.15, -0.1) is 0 Å². The molecule has 2 aromatic rings. The van der Waals surface area contributed by atoms with Gasteiger partial charge in [0.15, 0.2) is 0 Å². The first kappa shape index (κ1) is 13.4. The third-order valence-corrected chi connectivity index (χ3v) is 4.19. The van der Waals surface area contributed by atoms with Gasteiger partial charge in [0.25, 0.3) is 0 Å². The summed E-state index contributed by atoms with van der Waals surface area (Å²) in [6, 6.07) is 13.1. The number of nitriles is 1. The molecule has 18 heavy (non-hydrogen) atoms. The molecule has 1 N–H and O–H groups in total. The molecule has 0 amide bonds. The van der Waals surface area contributed by atoms with E-state index in [1.165, 1.54) is 0 Å². The molecular weight excluding hydrogens is 379 g/mol. The molecular formula is C13H7Br2ClN2. The van der Waals surface area contributed by atoms with E-state index in [4.69, 9.17) is 16.9 Å². The fourth-order valence-corrected chi connectivity index (χ4v) is 2.32. The number of benzene rings is 2. The number of hydrogen-bond donors (Lipinski definition) is 1. The van der Waals surface area contributed by atoms with Crippen LogP contribution in [0.1, 0.15) is 5.56 Å². The fourth-order valence-electron chi connectivity index (χ4n) is 1.42. The summed E-state index contributed by atoms with van der Waals surface area (Å²) in [4.78, 5) is 0. The van der Waals surface area contributed by atoms with Crippen LogP contribution >= 0.6 is 43.5 Å². The Morgan fingerprint density at radius 2 is 1.83 bits per heavy atom. The van der Waals surface area contributed by atoms with E-state index in [0.717, 1.165) is 20.3 Å². The Hall–Kier alpha value is -1.02. The first-order valence-electron chi connectivity index (χ1n) is 5.02. The van der Waals surface area contributed by atoms with Crippen molar-refractivity contribution in [3.8, 4) is 6.07 Å². The van der Waals surface area contributed by atoms with Crippen LogP contribution in [0.5, 0.6) is 0 Å². The van der Waals surface area contributed by atoms with E-state index < -0.39 is 0 Å². The van der Waals surface area contributed by atoms with Crippen LogP contribution in [0.25, 0.3) is 0 Å². The maximum atomic E-state index is 8.80. The minimum Gasteiger partial charge on any atom is -0.355 e. The van der Waals surface area contributed by atoms with Crippen molar-refractivity contribution in [2.45, 2.75) is 0 Å². The fraction of sp³-hybridized carbons (Fsp3) is 0. The van der Waals surface area contributed by atoms with Crippen molar-refractivity contribution in [1.29, 1.82) is 5.26 Å². The zero-order chi connectivity index (χ0) is 13.1. The highest BCUT2D eigenvalue weighted by Gasteiger charge is 2.03. The van der Waals surface area contributed by atoms with Crippen molar-refractivity contribution >= 4 is 54.8 Å². The average molecular weight is 386 g/mol. The summed E-state index contributed by atoms with van der Waals surface area (Å²) in [6.45, 7) is 0. The molecule has 0 aromatic heterocycles. The minimum atomic E-state index is 0.612. The molecule has 5 heteroatoms. The minimum absolute atomic E-state index is 0.612. The van der Waals surface area contributed by atoms with Crippen molar-refractivity contribution in [3.05, 3.63) is 55.9 Å². The lowest BCUT2D eigenvalue weighted by Crippen LogP contribution is -1.92. The number of anilines is 2. The van der Waals surface area contributed by atoms with Crippen LogP contribution in [0.2, 0.25) is 5.02 Å². The first-order valence-corrected chi connectivity index (χ1v) is 6.98. The Morgan fingerprint density at radius 3 is 2.44 bits per heavy atom. The molecule has 0 saturated heterocycles. The van der Waals surface area contributed by atoms with Crippen molar-refractivity contribution in [2.75, 3.05) is 5.32 Å². The third kappa shape index (κ3) is 3.05. The molecule has 2 rings (SSSR count). The summed E-state index contributed by atoms with van der Waals surface area (Å²) in [5, 5.41) is 12.7. The Kier molecular flexibility index (Phi) is 4.28. The quantitative estimate of drug-likeness (QED) is 0.742. The molecule has 0 atom stereocenters. The second-order valence-corrected chi connectivity index (χ2v) is 5.68. The van der Waals surface area contributed by atoms with Crippen molar-refractivity contribution in [3.63, 3.8) is 0 Å². The molecule has 2 aromatic carbocycles. The van der Waals surface area contributed by atoms with Crippen LogP contribution in [0.3, 0.4) is 0 Å². The Morgan fingerprint density at radius 1 is 1.06 bits per heavy atom. The molecule has 0 aliphatic rings. The van der Waals surface area contributed by atoms with E-state index in [2.05, 4.69) is 43.2 Å². The molecule has 0 aliphatic carbocycles. The lowest BCUT2D eigenvalue weighted by molar-refractivity contribution is 1.46. The van der Waals surface area contributed by atoms with Gasteiger partial charge in [0.05, 0.1) is 22.3 Å². The average Bonchev–Trinajstić information content (AvgIpc) is 2.36. The molecule has 90 valence electrons. The maximum Gasteiger partial charge on any atom is 0.0992 e. The van der Waals surface area contributed by atoms with Gasteiger partial charge in [-0.25, -0.2) is 0 Å². The van der Waals surface area contributed by atoms with Gasteiger partial charge in [0.2, 0.25) is 0 Å². The molecule has 0 radical (unpaired) electrons. The van der Waals surface area contributed by atoms with Gasteiger partial charge < -0.3 is 5.32 Å². The topological polar surface area (TPSA) is 35.8 Å². The van der Waals surface area contributed by atoms with Crippen molar-refractivity contribution in [2.24, 2.45) is 0 Å².